The minimum atomic E-state index is -4.65. The quantitative estimate of drug-likeness (QED) is 0.752. The van der Waals surface area contributed by atoms with Crippen LogP contribution in [0, 0.1) is 11.3 Å². The number of hydrogen-bond donors (Lipinski definition) is 2. The van der Waals surface area contributed by atoms with Crippen LogP contribution in [0.1, 0.15) is 17.2 Å². The molecule has 0 aliphatic heterocycles. The average molecular weight is 216 g/mol. The van der Waals surface area contributed by atoms with Crippen LogP contribution in [0.4, 0.5) is 13.2 Å². The van der Waals surface area contributed by atoms with Crippen molar-refractivity contribution in [2.75, 3.05) is 0 Å². The Bertz CT molecular complexity index is 409. The molecule has 0 bridgehead atoms. The van der Waals surface area contributed by atoms with Crippen molar-refractivity contribution in [2.45, 2.75) is 12.2 Å². The molecule has 0 aromatic heterocycles. The van der Waals surface area contributed by atoms with Crippen molar-refractivity contribution >= 4 is 0 Å². The Hall–Kier alpha value is -1.74. The number of phenolic OH excluding ortho intramolecular Hbond substituents is 1. The number of aromatic hydroxyl groups is 1. The van der Waals surface area contributed by atoms with Gasteiger partial charge in [0.05, 0.1) is 5.56 Å². The first-order valence-corrected chi connectivity index (χ1v) is 3.92. The highest BCUT2D eigenvalue weighted by atomic mass is 19.4. The van der Waals surface area contributed by atoms with Crippen molar-refractivity contribution in [1.82, 2.24) is 0 Å². The summed E-state index contributed by atoms with van der Waals surface area (Å²) in [4.78, 5) is 0. The Labute approximate surface area is 83.5 Å². The second-order valence-corrected chi connectivity index (χ2v) is 2.87. The summed E-state index contributed by atoms with van der Waals surface area (Å²) in [6, 6.07) is 2.76. The molecular weight excluding hydrogens is 209 g/mol. The van der Waals surface area contributed by atoms with Gasteiger partial charge < -0.3 is 10.8 Å². The summed E-state index contributed by atoms with van der Waals surface area (Å²) in [5.41, 5.74) is 4.17. The maximum absolute atomic E-state index is 12.2. The lowest BCUT2D eigenvalue weighted by atomic mass is 10.0. The van der Waals surface area contributed by atoms with Gasteiger partial charge >= 0.3 is 6.18 Å². The summed E-state index contributed by atoms with van der Waals surface area (Å²) in [5.74, 6) is -0.718. The highest BCUT2D eigenvalue weighted by molar-refractivity contribution is 5.48. The normalized spacial score (nSPS) is 13.3. The maximum Gasteiger partial charge on any atom is 0.407 e. The van der Waals surface area contributed by atoms with Crippen molar-refractivity contribution in [2.24, 2.45) is 5.73 Å². The van der Waals surface area contributed by atoms with Gasteiger partial charge in [0.2, 0.25) is 0 Å². The largest absolute Gasteiger partial charge is 0.506 e. The highest BCUT2D eigenvalue weighted by Crippen LogP contribution is 2.36. The van der Waals surface area contributed by atoms with Crippen LogP contribution in [0.15, 0.2) is 18.2 Å². The lowest BCUT2D eigenvalue weighted by Crippen LogP contribution is -2.28. The Kier molecular flexibility index (Phi) is 2.86. The fourth-order valence-electron chi connectivity index (χ4n) is 1.08. The Morgan fingerprint density at radius 3 is 2.47 bits per heavy atom. The Balaban J connectivity index is 3.23. The summed E-state index contributed by atoms with van der Waals surface area (Å²) in [7, 11) is 0. The monoisotopic (exact) mass is 216 g/mol. The van der Waals surface area contributed by atoms with E-state index < -0.39 is 23.5 Å². The van der Waals surface area contributed by atoms with Crippen molar-refractivity contribution in [3.8, 4) is 11.8 Å². The van der Waals surface area contributed by atoms with Gasteiger partial charge in [0.15, 0.2) is 0 Å². The molecule has 80 valence electrons. The van der Waals surface area contributed by atoms with E-state index in [0.29, 0.717) is 0 Å². The predicted octanol–water partition coefficient (Wildman–Crippen LogP) is 1.83. The van der Waals surface area contributed by atoms with Crippen molar-refractivity contribution in [3.63, 3.8) is 0 Å². The first-order chi connectivity index (χ1) is 6.88. The van der Waals surface area contributed by atoms with E-state index in [-0.39, 0.29) is 5.56 Å². The summed E-state index contributed by atoms with van der Waals surface area (Å²) in [6.45, 7) is 0. The summed E-state index contributed by atoms with van der Waals surface area (Å²) in [6.07, 6.45) is -4.65. The number of para-hydroxylation sites is 1. The second kappa shape index (κ2) is 3.79. The number of halogens is 3. The number of nitriles is 1. The Morgan fingerprint density at radius 1 is 1.40 bits per heavy atom. The van der Waals surface area contributed by atoms with Gasteiger partial charge in [-0.15, -0.1) is 0 Å². The molecule has 0 aliphatic rings. The molecule has 0 spiro atoms. The number of alkyl halides is 3. The van der Waals surface area contributed by atoms with E-state index in [4.69, 9.17) is 11.0 Å². The van der Waals surface area contributed by atoms with Crippen LogP contribution in [0.25, 0.3) is 0 Å². The minimum absolute atomic E-state index is 0.229. The lowest BCUT2D eigenvalue weighted by molar-refractivity contribution is -0.149. The number of nitrogens with two attached hydrogens (primary N) is 1. The molecule has 1 atom stereocenters. The highest BCUT2D eigenvalue weighted by Gasteiger charge is 2.39. The number of nitrogens with zero attached hydrogens (tertiary/aromatic N) is 1. The van der Waals surface area contributed by atoms with Crippen molar-refractivity contribution in [3.05, 3.63) is 29.3 Å². The van der Waals surface area contributed by atoms with Crippen LogP contribution in [0.2, 0.25) is 0 Å². The van der Waals surface area contributed by atoms with Crippen molar-refractivity contribution < 1.29 is 18.3 Å². The van der Waals surface area contributed by atoms with Crippen molar-refractivity contribution in [1.29, 1.82) is 5.26 Å². The fraction of sp³-hybridized carbons (Fsp3) is 0.222. The smallest absolute Gasteiger partial charge is 0.407 e. The Morgan fingerprint density at radius 2 is 2.00 bits per heavy atom. The van der Waals surface area contributed by atoms with Gasteiger partial charge in [-0.3, -0.25) is 0 Å². The van der Waals surface area contributed by atoms with E-state index in [2.05, 4.69) is 0 Å². The molecule has 3 nitrogen and oxygen atoms in total. The van der Waals surface area contributed by atoms with Gasteiger partial charge in [0, 0.05) is 5.56 Å². The predicted molar refractivity (Wildman–Crippen MR) is 45.8 cm³/mol. The van der Waals surface area contributed by atoms with Crippen LogP contribution in [-0.2, 0) is 0 Å². The molecule has 0 aliphatic carbocycles. The topological polar surface area (TPSA) is 70.0 Å². The minimum Gasteiger partial charge on any atom is -0.506 e. The van der Waals surface area contributed by atoms with E-state index in [1.54, 1.807) is 6.07 Å². The molecule has 0 saturated carbocycles. The molecule has 3 N–H and O–H groups in total. The van der Waals surface area contributed by atoms with E-state index >= 15 is 0 Å². The van der Waals surface area contributed by atoms with Crippen LogP contribution in [0.3, 0.4) is 0 Å². The van der Waals surface area contributed by atoms with E-state index in [9.17, 15) is 18.3 Å². The van der Waals surface area contributed by atoms with Crippen LogP contribution < -0.4 is 5.73 Å². The van der Waals surface area contributed by atoms with Gasteiger partial charge in [-0.2, -0.15) is 18.4 Å². The third-order valence-electron chi connectivity index (χ3n) is 1.88. The van der Waals surface area contributed by atoms with Crippen LogP contribution >= 0.6 is 0 Å². The zero-order valence-electron chi connectivity index (χ0n) is 7.42. The lowest BCUT2D eigenvalue weighted by Gasteiger charge is -2.17. The molecule has 0 saturated heterocycles. The zero-order valence-corrected chi connectivity index (χ0v) is 7.42. The molecule has 6 heteroatoms. The number of benzene rings is 1. The fourth-order valence-corrected chi connectivity index (χ4v) is 1.08. The van der Waals surface area contributed by atoms with Gasteiger partial charge in [-0.25, -0.2) is 0 Å². The summed E-state index contributed by atoms with van der Waals surface area (Å²) in [5, 5.41) is 17.8. The molecule has 0 radical (unpaired) electrons. The zero-order chi connectivity index (χ0) is 11.6. The SMILES string of the molecule is N#Cc1cccc([C@@H](N)C(F)(F)F)c1O. The molecule has 1 rings (SSSR count). The first kappa shape index (κ1) is 11.3. The van der Waals surface area contributed by atoms with Gasteiger partial charge in [-0.1, -0.05) is 12.1 Å². The molecule has 1 aromatic carbocycles. The standard InChI is InChI=1S/C9H7F3N2O/c10-9(11,12)8(14)6-3-1-2-5(4-13)7(6)15/h1-3,8,15H,14H2/t8-/m1/s1. The first-order valence-electron chi connectivity index (χ1n) is 3.92. The molecule has 15 heavy (non-hydrogen) atoms. The maximum atomic E-state index is 12.2. The van der Waals surface area contributed by atoms with Gasteiger partial charge in [0.1, 0.15) is 17.9 Å². The summed E-state index contributed by atoms with van der Waals surface area (Å²) >= 11 is 0. The number of phenols is 1. The van der Waals surface area contributed by atoms with Crippen LogP contribution in [0.5, 0.6) is 5.75 Å². The van der Waals surface area contributed by atoms with E-state index in [0.717, 1.165) is 6.07 Å². The van der Waals surface area contributed by atoms with E-state index in [1.807, 2.05) is 0 Å². The van der Waals surface area contributed by atoms with Gasteiger partial charge in [0.25, 0.3) is 0 Å². The molecule has 0 amide bonds. The third kappa shape index (κ3) is 2.19. The second-order valence-electron chi connectivity index (χ2n) is 2.87. The molecule has 0 heterocycles. The van der Waals surface area contributed by atoms with Crippen LogP contribution in [-0.4, -0.2) is 11.3 Å². The average Bonchev–Trinajstić information content (AvgIpc) is 2.16. The van der Waals surface area contributed by atoms with Gasteiger partial charge in [-0.05, 0) is 6.07 Å². The molecule has 1 aromatic rings. The number of rotatable bonds is 1. The summed E-state index contributed by atoms with van der Waals surface area (Å²) < 4.78 is 36.7. The number of hydrogen-bond acceptors (Lipinski definition) is 3. The molecule has 0 unspecified atom stereocenters. The van der Waals surface area contributed by atoms with E-state index in [1.165, 1.54) is 12.1 Å². The third-order valence-corrected chi connectivity index (χ3v) is 1.88. The molecule has 0 fully saturated rings. The molecular formula is C9H7F3N2O.